The predicted octanol–water partition coefficient (Wildman–Crippen LogP) is -1.94. The van der Waals surface area contributed by atoms with Gasteiger partial charge in [0.1, 0.15) is 0 Å². The van der Waals surface area contributed by atoms with Gasteiger partial charge in [0.05, 0.1) is 12.6 Å². The van der Waals surface area contributed by atoms with Gasteiger partial charge in [-0.05, 0) is 7.05 Å². The van der Waals surface area contributed by atoms with Crippen molar-refractivity contribution in [2.24, 2.45) is 5.73 Å². The second-order valence-electron chi connectivity index (χ2n) is 3.53. The SMILES string of the molecule is CN1CCN(NC(CN)CO)CC1. The average Bonchev–Trinajstić information content (AvgIpc) is 2.17. The molecule has 1 saturated heterocycles. The van der Waals surface area contributed by atoms with Crippen molar-refractivity contribution in [2.45, 2.75) is 6.04 Å². The van der Waals surface area contributed by atoms with E-state index in [9.17, 15) is 0 Å². The Morgan fingerprint density at radius 2 is 2.00 bits per heavy atom. The number of aliphatic hydroxyl groups excluding tert-OH is 1. The van der Waals surface area contributed by atoms with E-state index in [1.54, 1.807) is 0 Å². The van der Waals surface area contributed by atoms with Crippen LogP contribution in [0.1, 0.15) is 0 Å². The maximum atomic E-state index is 8.93. The van der Waals surface area contributed by atoms with E-state index in [1.807, 2.05) is 0 Å². The van der Waals surface area contributed by atoms with Crippen LogP contribution >= 0.6 is 0 Å². The molecule has 13 heavy (non-hydrogen) atoms. The van der Waals surface area contributed by atoms with Crippen molar-refractivity contribution in [3.8, 4) is 0 Å². The molecule has 1 atom stereocenters. The van der Waals surface area contributed by atoms with Gasteiger partial charge in [-0.1, -0.05) is 0 Å². The number of nitrogens with two attached hydrogens (primary N) is 1. The summed E-state index contributed by atoms with van der Waals surface area (Å²) < 4.78 is 0. The summed E-state index contributed by atoms with van der Waals surface area (Å²) in [6.45, 7) is 4.69. The maximum absolute atomic E-state index is 8.93. The predicted molar refractivity (Wildman–Crippen MR) is 52.1 cm³/mol. The minimum atomic E-state index is 0.00315. The van der Waals surface area contributed by atoms with E-state index in [0.717, 1.165) is 26.2 Å². The highest BCUT2D eigenvalue weighted by molar-refractivity contribution is 4.70. The quantitative estimate of drug-likeness (QED) is 0.479. The summed E-state index contributed by atoms with van der Waals surface area (Å²) >= 11 is 0. The molecule has 1 unspecified atom stereocenters. The molecule has 0 aromatic carbocycles. The molecule has 0 bridgehead atoms. The van der Waals surface area contributed by atoms with Gasteiger partial charge in [-0.15, -0.1) is 0 Å². The molecule has 78 valence electrons. The normalized spacial score (nSPS) is 23.3. The zero-order chi connectivity index (χ0) is 9.68. The van der Waals surface area contributed by atoms with Crippen molar-refractivity contribution in [1.29, 1.82) is 0 Å². The molecule has 5 heteroatoms. The highest BCUT2D eigenvalue weighted by atomic mass is 16.3. The molecule has 5 nitrogen and oxygen atoms in total. The molecule has 1 aliphatic rings. The lowest BCUT2D eigenvalue weighted by atomic mass is 10.3. The van der Waals surface area contributed by atoms with Gasteiger partial charge in [-0.25, -0.2) is 10.4 Å². The largest absolute Gasteiger partial charge is 0.395 e. The van der Waals surface area contributed by atoms with Gasteiger partial charge in [0, 0.05) is 32.7 Å². The van der Waals surface area contributed by atoms with Crippen molar-refractivity contribution >= 4 is 0 Å². The first kappa shape index (κ1) is 10.9. The summed E-state index contributed by atoms with van der Waals surface area (Å²) in [7, 11) is 2.11. The summed E-state index contributed by atoms with van der Waals surface area (Å²) in [6, 6.07) is 0.00315. The monoisotopic (exact) mass is 188 g/mol. The molecule has 0 aromatic rings. The Kier molecular flexibility index (Phi) is 4.61. The van der Waals surface area contributed by atoms with Crippen molar-refractivity contribution < 1.29 is 5.11 Å². The van der Waals surface area contributed by atoms with Crippen LogP contribution < -0.4 is 11.2 Å². The molecular weight excluding hydrogens is 168 g/mol. The van der Waals surface area contributed by atoms with Crippen molar-refractivity contribution in [3.05, 3.63) is 0 Å². The molecule has 1 fully saturated rings. The summed E-state index contributed by atoms with van der Waals surface area (Å²) in [5.41, 5.74) is 8.68. The van der Waals surface area contributed by atoms with Crippen LogP contribution in [0.15, 0.2) is 0 Å². The van der Waals surface area contributed by atoms with Gasteiger partial charge in [0.25, 0.3) is 0 Å². The number of rotatable bonds is 4. The van der Waals surface area contributed by atoms with E-state index in [0.29, 0.717) is 6.54 Å². The fourth-order valence-corrected chi connectivity index (χ4v) is 1.36. The first-order valence-electron chi connectivity index (χ1n) is 4.77. The van der Waals surface area contributed by atoms with E-state index in [4.69, 9.17) is 10.8 Å². The van der Waals surface area contributed by atoms with Crippen molar-refractivity contribution in [1.82, 2.24) is 15.3 Å². The minimum absolute atomic E-state index is 0.00315. The van der Waals surface area contributed by atoms with Gasteiger partial charge in [0.15, 0.2) is 0 Å². The van der Waals surface area contributed by atoms with Gasteiger partial charge >= 0.3 is 0 Å². The number of hydrogen-bond acceptors (Lipinski definition) is 5. The van der Waals surface area contributed by atoms with Gasteiger partial charge in [-0.2, -0.15) is 0 Å². The maximum Gasteiger partial charge on any atom is 0.0610 e. The highest BCUT2D eigenvalue weighted by Gasteiger charge is 2.15. The van der Waals surface area contributed by atoms with Crippen LogP contribution in [-0.2, 0) is 0 Å². The van der Waals surface area contributed by atoms with E-state index in [2.05, 4.69) is 22.4 Å². The Morgan fingerprint density at radius 1 is 1.38 bits per heavy atom. The van der Waals surface area contributed by atoms with Crippen LogP contribution in [0.3, 0.4) is 0 Å². The molecule has 1 rings (SSSR count). The van der Waals surface area contributed by atoms with Crippen molar-refractivity contribution in [3.63, 3.8) is 0 Å². The van der Waals surface area contributed by atoms with Gasteiger partial charge in [-0.3, -0.25) is 0 Å². The smallest absolute Gasteiger partial charge is 0.0610 e. The fraction of sp³-hybridized carbons (Fsp3) is 1.00. The molecule has 0 radical (unpaired) electrons. The standard InChI is InChI=1S/C8H20N4O/c1-11-2-4-12(5-3-11)10-8(6-9)7-13/h8,10,13H,2-7,9H2,1H3. The number of likely N-dealkylation sites (N-methyl/N-ethyl adjacent to an activating group) is 1. The van der Waals surface area contributed by atoms with Crippen molar-refractivity contribution in [2.75, 3.05) is 46.4 Å². The Morgan fingerprint density at radius 3 is 2.46 bits per heavy atom. The second kappa shape index (κ2) is 5.51. The van der Waals surface area contributed by atoms with E-state index < -0.39 is 0 Å². The Bertz CT molecular complexity index is 132. The van der Waals surface area contributed by atoms with Gasteiger partial charge in [0.2, 0.25) is 0 Å². The third-order valence-corrected chi connectivity index (χ3v) is 2.37. The molecule has 1 aliphatic heterocycles. The Balaban J connectivity index is 2.21. The lowest BCUT2D eigenvalue weighted by Gasteiger charge is -2.34. The molecule has 0 aliphatic carbocycles. The van der Waals surface area contributed by atoms with Gasteiger partial charge < -0.3 is 15.7 Å². The zero-order valence-corrected chi connectivity index (χ0v) is 8.24. The van der Waals surface area contributed by atoms with Crippen LogP contribution in [0.4, 0.5) is 0 Å². The molecule has 0 amide bonds. The number of nitrogens with zero attached hydrogens (tertiary/aromatic N) is 2. The lowest BCUT2D eigenvalue weighted by molar-refractivity contribution is 0.0726. The van der Waals surface area contributed by atoms with Crippen LogP contribution in [-0.4, -0.2) is 67.4 Å². The number of aliphatic hydroxyl groups is 1. The topological polar surface area (TPSA) is 64.8 Å². The fourth-order valence-electron chi connectivity index (χ4n) is 1.36. The molecule has 0 saturated carbocycles. The Hall–Kier alpha value is -0.200. The van der Waals surface area contributed by atoms with Crippen LogP contribution in [0.25, 0.3) is 0 Å². The van der Waals surface area contributed by atoms with E-state index in [1.165, 1.54) is 0 Å². The first-order chi connectivity index (χ1) is 6.26. The number of piperazine rings is 1. The summed E-state index contributed by atoms with van der Waals surface area (Å²) in [5.74, 6) is 0. The lowest BCUT2D eigenvalue weighted by Crippen LogP contribution is -2.56. The van der Waals surface area contributed by atoms with E-state index in [-0.39, 0.29) is 12.6 Å². The van der Waals surface area contributed by atoms with Crippen LogP contribution in [0.2, 0.25) is 0 Å². The average molecular weight is 188 g/mol. The second-order valence-corrected chi connectivity index (χ2v) is 3.53. The minimum Gasteiger partial charge on any atom is -0.395 e. The van der Waals surface area contributed by atoms with E-state index >= 15 is 0 Å². The third kappa shape index (κ3) is 3.58. The number of nitrogens with one attached hydrogen (secondary N) is 1. The molecule has 4 N–H and O–H groups in total. The summed E-state index contributed by atoms with van der Waals surface area (Å²) in [6.07, 6.45) is 0. The highest BCUT2D eigenvalue weighted by Crippen LogP contribution is 1.96. The molecule has 1 heterocycles. The first-order valence-corrected chi connectivity index (χ1v) is 4.77. The van der Waals surface area contributed by atoms with Crippen LogP contribution in [0.5, 0.6) is 0 Å². The molecular formula is C8H20N4O. The van der Waals surface area contributed by atoms with Crippen LogP contribution in [0, 0.1) is 0 Å². The number of hydrazine groups is 1. The Labute approximate surface area is 79.5 Å². The summed E-state index contributed by atoms with van der Waals surface area (Å²) in [4.78, 5) is 2.29. The molecule has 0 aromatic heterocycles. The molecule has 0 spiro atoms. The summed E-state index contributed by atoms with van der Waals surface area (Å²) in [5, 5.41) is 11.1. The zero-order valence-electron chi connectivity index (χ0n) is 8.24. The number of hydrogen-bond donors (Lipinski definition) is 3. The third-order valence-electron chi connectivity index (χ3n) is 2.37.